The topological polar surface area (TPSA) is 85.1 Å². The maximum Gasteiger partial charge on any atom is 0.264 e. The van der Waals surface area contributed by atoms with Crippen molar-refractivity contribution < 1.29 is 8.42 Å². The average Bonchev–Trinajstić information content (AvgIpc) is 2.86. The van der Waals surface area contributed by atoms with E-state index in [9.17, 15) is 8.42 Å². The Morgan fingerprint density at radius 2 is 2.24 bits per heavy atom. The Balaban J connectivity index is 2.31. The highest BCUT2D eigenvalue weighted by molar-refractivity contribution is 7.93. The first-order chi connectivity index (χ1) is 8.03. The minimum atomic E-state index is -3.57. The third kappa shape index (κ3) is 2.65. The summed E-state index contributed by atoms with van der Waals surface area (Å²) in [7, 11) is -3.57. The molecule has 0 bridgehead atoms. The second kappa shape index (κ2) is 4.73. The minimum absolute atomic E-state index is 0.213. The second-order valence-corrected chi connectivity index (χ2v) is 6.82. The molecule has 5 nitrogen and oxygen atoms in total. The van der Waals surface area contributed by atoms with Crippen LogP contribution < -0.4 is 10.5 Å². The van der Waals surface area contributed by atoms with Gasteiger partial charge in [-0.2, -0.15) is 0 Å². The van der Waals surface area contributed by atoms with E-state index >= 15 is 0 Å². The number of thiazole rings is 1. The molecule has 0 aliphatic carbocycles. The summed E-state index contributed by atoms with van der Waals surface area (Å²) < 4.78 is 26.6. The van der Waals surface area contributed by atoms with Gasteiger partial charge in [-0.1, -0.05) is 0 Å². The molecule has 0 unspecified atom stereocenters. The molecule has 0 saturated carbocycles. The van der Waals surface area contributed by atoms with Crippen molar-refractivity contribution in [2.24, 2.45) is 5.73 Å². The van der Waals surface area contributed by atoms with Crippen LogP contribution in [0.25, 0.3) is 0 Å². The third-order valence-corrected chi connectivity index (χ3v) is 5.52. The monoisotopic (exact) mass is 289 g/mol. The van der Waals surface area contributed by atoms with Crippen molar-refractivity contribution in [1.29, 1.82) is 0 Å². The van der Waals surface area contributed by atoms with Crippen LogP contribution in [0.4, 0.5) is 5.13 Å². The molecule has 0 aliphatic rings. The van der Waals surface area contributed by atoms with Gasteiger partial charge in [0.2, 0.25) is 0 Å². The van der Waals surface area contributed by atoms with Crippen LogP contribution >= 0.6 is 22.7 Å². The van der Waals surface area contributed by atoms with Crippen LogP contribution in [0.2, 0.25) is 0 Å². The first-order valence-corrected chi connectivity index (χ1v) is 7.98. The van der Waals surface area contributed by atoms with Crippen LogP contribution in [0.5, 0.6) is 0 Å². The number of aromatic nitrogens is 1. The van der Waals surface area contributed by atoms with E-state index in [1.807, 2.05) is 6.92 Å². The highest BCUT2D eigenvalue weighted by Gasteiger charge is 2.20. The molecule has 2 aromatic heterocycles. The Kier molecular flexibility index (Phi) is 3.48. The molecular formula is C9H11N3O2S3. The molecule has 17 heavy (non-hydrogen) atoms. The molecule has 2 heterocycles. The van der Waals surface area contributed by atoms with E-state index in [1.165, 1.54) is 22.7 Å². The van der Waals surface area contributed by atoms with Crippen molar-refractivity contribution in [1.82, 2.24) is 4.98 Å². The number of hydrogen-bond donors (Lipinski definition) is 2. The number of rotatable bonds is 4. The molecular weight excluding hydrogens is 278 g/mol. The zero-order valence-corrected chi connectivity index (χ0v) is 11.5. The summed E-state index contributed by atoms with van der Waals surface area (Å²) in [6.07, 6.45) is 0. The first-order valence-electron chi connectivity index (χ1n) is 4.74. The Labute approximate surface area is 107 Å². The Morgan fingerprint density at radius 3 is 2.82 bits per heavy atom. The number of nitrogens with two attached hydrogens (primary N) is 1. The van der Waals surface area contributed by atoms with Crippen molar-refractivity contribution in [2.75, 3.05) is 4.72 Å². The van der Waals surface area contributed by atoms with E-state index in [4.69, 9.17) is 5.73 Å². The zero-order valence-electron chi connectivity index (χ0n) is 9.00. The fourth-order valence-electron chi connectivity index (χ4n) is 1.29. The van der Waals surface area contributed by atoms with Crippen LogP contribution in [0.1, 0.15) is 10.6 Å². The fraction of sp³-hybridized carbons (Fsp3) is 0.222. The molecule has 0 spiro atoms. The molecule has 0 radical (unpaired) electrons. The predicted octanol–water partition coefficient (Wildman–Crippen LogP) is 1.77. The fourth-order valence-corrected chi connectivity index (χ4v) is 4.57. The van der Waals surface area contributed by atoms with Crippen molar-refractivity contribution in [3.8, 4) is 0 Å². The standard InChI is InChI=1S/C9H11N3O2S3/c1-6-5-16-9(11-6)12-17(13,14)8-2-3-15-7(8)4-10/h2-3,5H,4,10H2,1H3,(H,11,12). The van der Waals surface area contributed by atoms with Gasteiger partial charge in [-0.3, -0.25) is 4.72 Å². The molecule has 8 heteroatoms. The van der Waals surface area contributed by atoms with Gasteiger partial charge < -0.3 is 5.73 Å². The number of nitrogens with zero attached hydrogens (tertiary/aromatic N) is 1. The summed E-state index contributed by atoms with van der Waals surface area (Å²) in [4.78, 5) is 4.94. The quantitative estimate of drug-likeness (QED) is 0.898. The van der Waals surface area contributed by atoms with Crippen LogP contribution in [-0.2, 0) is 16.6 Å². The van der Waals surface area contributed by atoms with Crippen molar-refractivity contribution >= 4 is 37.8 Å². The van der Waals surface area contributed by atoms with Crippen molar-refractivity contribution in [2.45, 2.75) is 18.4 Å². The summed E-state index contributed by atoms with van der Waals surface area (Å²) >= 11 is 2.59. The molecule has 0 saturated heterocycles. The predicted molar refractivity (Wildman–Crippen MR) is 69.9 cm³/mol. The van der Waals surface area contributed by atoms with Gasteiger partial charge in [0.05, 0.1) is 5.69 Å². The van der Waals surface area contributed by atoms with E-state index in [-0.39, 0.29) is 11.4 Å². The first kappa shape index (κ1) is 12.5. The SMILES string of the molecule is Cc1csc(NS(=O)(=O)c2ccsc2CN)n1. The molecule has 0 aliphatic heterocycles. The van der Waals surface area contributed by atoms with E-state index in [0.717, 1.165) is 5.69 Å². The lowest BCUT2D eigenvalue weighted by molar-refractivity contribution is 0.600. The summed E-state index contributed by atoms with van der Waals surface area (Å²) in [6, 6.07) is 1.55. The van der Waals surface area contributed by atoms with Gasteiger partial charge >= 0.3 is 0 Å². The highest BCUT2D eigenvalue weighted by atomic mass is 32.2. The van der Waals surface area contributed by atoms with E-state index in [1.54, 1.807) is 16.8 Å². The summed E-state index contributed by atoms with van der Waals surface area (Å²) in [5.41, 5.74) is 6.28. The van der Waals surface area contributed by atoms with Gasteiger partial charge in [-0.05, 0) is 18.4 Å². The maximum atomic E-state index is 12.1. The Morgan fingerprint density at radius 1 is 1.47 bits per heavy atom. The summed E-state index contributed by atoms with van der Waals surface area (Å²) in [5, 5.41) is 3.87. The number of sulfonamides is 1. The highest BCUT2D eigenvalue weighted by Crippen LogP contribution is 2.25. The smallest absolute Gasteiger partial charge is 0.264 e. The van der Waals surface area contributed by atoms with Gasteiger partial charge in [0.25, 0.3) is 10.0 Å². The molecule has 0 fully saturated rings. The van der Waals surface area contributed by atoms with Gasteiger partial charge in [0.15, 0.2) is 5.13 Å². The van der Waals surface area contributed by atoms with Crippen molar-refractivity contribution in [3.05, 3.63) is 27.4 Å². The van der Waals surface area contributed by atoms with E-state index in [2.05, 4.69) is 9.71 Å². The number of anilines is 1. The molecule has 2 aromatic rings. The number of nitrogens with one attached hydrogen (secondary N) is 1. The maximum absolute atomic E-state index is 12.1. The number of thiophene rings is 1. The Hall–Kier alpha value is -0.960. The lowest BCUT2D eigenvalue weighted by atomic mass is 10.5. The summed E-state index contributed by atoms with van der Waals surface area (Å²) in [5.74, 6) is 0. The van der Waals surface area contributed by atoms with Crippen LogP contribution in [0.3, 0.4) is 0 Å². The van der Waals surface area contributed by atoms with Gasteiger partial charge in [0.1, 0.15) is 4.90 Å². The molecule has 2 rings (SSSR count). The lowest BCUT2D eigenvalue weighted by Crippen LogP contribution is -2.14. The molecule has 0 atom stereocenters. The molecule has 0 amide bonds. The molecule has 3 N–H and O–H groups in total. The van der Waals surface area contributed by atoms with Gasteiger partial charge in [0, 0.05) is 16.8 Å². The average molecular weight is 289 g/mol. The number of aryl methyl sites for hydroxylation is 1. The summed E-state index contributed by atoms with van der Waals surface area (Å²) in [6.45, 7) is 2.02. The lowest BCUT2D eigenvalue weighted by Gasteiger charge is -2.04. The van der Waals surface area contributed by atoms with Crippen molar-refractivity contribution in [3.63, 3.8) is 0 Å². The van der Waals surface area contributed by atoms with E-state index < -0.39 is 10.0 Å². The molecule has 92 valence electrons. The van der Waals surface area contributed by atoms with Crippen LogP contribution in [0, 0.1) is 6.92 Å². The van der Waals surface area contributed by atoms with Gasteiger partial charge in [-0.25, -0.2) is 13.4 Å². The second-order valence-electron chi connectivity index (χ2n) is 3.31. The molecule has 0 aromatic carbocycles. The van der Waals surface area contributed by atoms with Gasteiger partial charge in [-0.15, -0.1) is 22.7 Å². The van der Waals surface area contributed by atoms with E-state index in [0.29, 0.717) is 10.0 Å². The number of hydrogen-bond acceptors (Lipinski definition) is 6. The zero-order chi connectivity index (χ0) is 12.5. The van der Waals surface area contributed by atoms with Crippen LogP contribution in [-0.4, -0.2) is 13.4 Å². The minimum Gasteiger partial charge on any atom is -0.326 e. The Bertz CT molecular complexity index is 615. The van der Waals surface area contributed by atoms with Crippen LogP contribution in [0.15, 0.2) is 21.7 Å². The largest absolute Gasteiger partial charge is 0.326 e. The third-order valence-electron chi connectivity index (χ3n) is 2.02. The normalized spacial score (nSPS) is 11.6.